The molecule has 22 heavy (non-hydrogen) atoms. The van der Waals surface area contributed by atoms with E-state index < -0.39 is 0 Å². The number of anilines is 1. The summed E-state index contributed by atoms with van der Waals surface area (Å²) in [6, 6.07) is 7.09. The summed E-state index contributed by atoms with van der Waals surface area (Å²) in [5, 5.41) is 9.08. The number of hydrogen-bond acceptors (Lipinski definition) is 5. The smallest absolute Gasteiger partial charge is 0.369 e. The molecule has 0 aliphatic carbocycles. The van der Waals surface area contributed by atoms with Gasteiger partial charge in [0.25, 0.3) is 5.56 Å². The molecule has 0 saturated carbocycles. The lowest BCUT2D eigenvalue weighted by molar-refractivity contribution is 0.187. The van der Waals surface area contributed by atoms with Gasteiger partial charge in [-0.1, -0.05) is 0 Å². The minimum absolute atomic E-state index is 0.0709. The molecule has 1 saturated heterocycles. The fraction of sp³-hybridized carbons (Fsp3) is 0.400. The van der Waals surface area contributed by atoms with E-state index in [1.165, 1.54) is 0 Å². The highest BCUT2D eigenvalue weighted by Crippen LogP contribution is 2.26. The largest absolute Gasteiger partial charge is 0.514 e. The van der Waals surface area contributed by atoms with Gasteiger partial charge in [-0.05, 0) is 25.0 Å². The Bertz CT molecular complexity index is 804. The molecule has 2 aromatic heterocycles. The Hall–Kier alpha value is -1.86. The standard InChI is InChI=1S/C15H15N4O2.Al/c1-18-12-3-2-10(9-16)17-15(12)13(8-14(18)21)19-6-4-11(20)5-7-19;/h2-3,8,11H,4-7H2,1H3;/q-1;+1. The Morgan fingerprint density at radius 1 is 1.41 bits per heavy atom. The van der Waals surface area contributed by atoms with Crippen LogP contribution in [0.2, 0.25) is 0 Å². The van der Waals surface area contributed by atoms with Crippen molar-refractivity contribution in [3.05, 3.63) is 34.2 Å². The third-order valence-electron chi connectivity index (χ3n) is 4.16. The van der Waals surface area contributed by atoms with Gasteiger partial charge in [-0.25, -0.2) is 4.98 Å². The zero-order valence-corrected chi connectivity index (χ0v) is 13.5. The maximum Gasteiger partial charge on any atom is 0.369 e. The van der Waals surface area contributed by atoms with Crippen molar-refractivity contribution >= 4 is 33.3 Å². The quantitative estimate of drug-likeness (QED) is 0.770. The molecule has 2 aromatic rings. The number of piperidine rings is 1. The van der Waals surface area contributed by atoms with E-state index in [0.717, 1.165) is 37.1 Å². The molecule has 3 heterocycles. The van der Waals surface area contributed by atoms with Crippen LogP contribution in [-0.4, -0.2) is 45.4 Å². The Balaban J connectivity index is 2.11. The molecule has 6 nitrogen and oxygen atoms in total. The topological polar surface area (TPSA) is 71.2 Å². The molecule has 0 amide bonds. The number of nitriles is 1. The van der Waals surface area contributed by atoms with Crippen molar-refractivity contribution in [2.45, 2.75) is 18.9 Å². The predicted molar refractivity (Wildman–Crippen MR) is 83.8 cm³/mol. The van der Waals surface area contributed by atoms with E-state index in [-0.39, 0.29) is 11.7 Å². The van der Waals surface area contributed by atoms with Crippen LogP contribution in [-0.2, 0) is 10.8 Å². The van der Waals surface area contributed by atoms with Crippen molar-refractivity contribution in [2.75, 3.05) is 18.0 Å². The van der Waals surface area contributed by atoms with E-state index in [0.29, 0.717) is 11.2 Å². The van der Waals surface area contributed by atoms with Crippen molar-refractivity contribution < 1.29 is 3.79 Å². The molecule has 1 aliphatic heterocycles. The highest BCUT2D eigenvalue weighted by molar-refractivity contribution is 5.98. The number of aromatic nitrogens is 2. The Morgan fingerprint density at radius 2 is 2.14 bits per heavy atom. The predicted octanol–water partition coefficient (Wildman–Crippen LogP) is 0.874. The minimum atomic E-state index is -0.0709. The summed E-state index contributed by atoms with van der Waals surface area (Å²) in [6.45, 7) is 1.61. The number of fused-ring (bicyclic) bond motifs is 1. The molecule has 110 valence electrons. The molecule has 0 unspecified atom stereocenters. The first kappa shape index (κ1) is 15.1. The zero-order valence-electron chi connectivity index (χ0n) is 12.3. The summed E-state index contributed by atoms with van der Waals surface area (Å²) in [4.78, 5) is 18.7. The van der Waals surface area contributed by atoms with Gasteiger partial charge >= 0.3 is 16.6 Å². The molecule has 0 spiro atoms. The summed E-state index contributed by atoms with van der Waals surface area (Å²) in [6.07, 6.45) is 2.04. The van der Waals surface area contributed by atoms with Gasteiger partial charge in [0.1, 0.15) is 17.3 Å². The van der Waals surface area contributed by atoms with Gasteiger partial charge in [-0.15, -0.1) is 0 Å². The summed E-state index contributed by atoms with van der Waals surface area (Å²) in [7, 11) is 1.72. The number of aryl methyl sites for hydroxylation is 1. The Labute approximate surface area is 136 Å². The zero-order chi connectivity index (χ0) is 15.7. The third kappa shape index (κ3) is 2.62. The van der Waals surface area contributed by atoms with Crippen LogP contribution in [0, 0.1) is 11.3 Å². The highest BCUT2D eigenvalue weighted by atomic mass is 27.1. The maximum atomic E-state index is 12.2. The van der Waals surface area contributed by atoms with Gasteiger partial charge in [0, 0.05) is 32.3 Å². The monoisotopic (exact) mass is 310 g/mol. The molecular weight excluding hydrogens is 295 g/mol. The second-order valence-electron chi connectivity index (χ2n) is 5.43. The second kappa shape index (κ2) is 6.10. The number of pyridine rings is 2. The Kier molecular flexibility index (Phi) is 4.17. The molecule has 0 aromatic carbocycles. The summed E-state index contributed by atoms with van der Waals surface area (Å²) in [5.41, 5.74) is 2.53. The lowest BCUT2D eigenvalue weighted by atomic mass is 10.1. The average Bonchev–Trinajstić information content (AvgIpc) is 2.57. The first-order chi connectivity index (χ1) is 10.6. The van der Waals surface area contributed by atoms with E-state index in [9.17, 15) is 4.79 Å². The van der Waals surface area contributed by atoms with Gasteiger partial charge in [0.15, 0.2) is 0 Å². The van der Waals surface area contributed by atoms with Crippen molar-refractivity contribution in [2.24, 2.45) is 7.05 Å². The third-order valence-corrected chi connectivity index (χ3v) is 4.54. The summed E-state index contributed by atoms with van der Waals surface area (Å²) in [5.74, 6) is 0. The highest BCUT2D eigenvalue weighted by Gasteiger charge is 2.21. The van der Waals surface area contributed by atoms with Gasteiger partial charge in [-0.3, -0.25) is 4.79 Å². The van der Waals surface area contributed by atoms with Crippen LogP contribution in [0.4, 0.5) is 5.69 Å². The molecule has 0 N–H and O–H groups in total. The molecule has 7 heteroatoms. The first-order valence-corrected chi connectivity index (χ1v) is 7.62. The summed E-state index contributed by atoms with van der Waals surface area (Å²) >= 11 is 2.32. The van der Waals surface area contributed by atoms with Crippen LogP contribution in [0.15, 0.2) is 23.0 Å². The minimum Gasteiger partial charge on any atom is -0.514 e. The van der Waals surface area contributed by atoms with E-state index in [4.69, 9.17) is 9.05 Å². The van der Waals surface area contributed by atoms with Crippen molar-refractivity contribution in [3.8, 4) is 6.07 Å². The molecule has 0 bridgehead atoms. The molecule has 0 atom stereocenters. The number of hydrogen-bond donors (Lipinski definition) is 0. The van der Waals surface area contributed by atoms with Gasteiger partial charge < -0.3 is 13.3 Å². The van der Waals surface area contributed by atoms with Crippen LogP contribution in [0.25, 0.3) is 11.0 Å². The van der Waals surface area contributed by atoms with Crippen LogP contribution in [0.3, 0.4) is 0 Å². The van der Waals surface area contributed by atoms with Gasteiger partial charge in [0.2, 0.25) is 0 Å². The normalized spacial score (nSPS) is 15.9. The fourth-order valence-corrected chi connectivity index (χ4v) is 3.12. The SMILES string of the molecule is Cn1c(=O)cc(N2CCC([O][Al])CC2)c2nc(C#N)ccc21. The lowest BCUT2D eigenvalue weighted by Crippen LogP contribution is -2.37. The van der Waals surface area contributed by atoms with Crippen molar-refractivity contribution in [3.63, 3.8) is 0 Å². The van der Waals surface area contributed by atoms with Crippen LogP contribution in [0.5, 0.6) is 0 Å². The maximum absolute atomic E-state index is 12.2. The van der Waals surface area contributed by atoms with Crippen LogP contribution in [0.1, 0.15) is 18.5 Å². The van der Waals surface area contributed by atoms with E-state index in [1.54, 1.807) is 29.8 Å². The average molecular weight is 310 g/mol. The van der Waals surface area contributed by atoms with Crippen molar-refractivity contribution in [1.29, 1.82) is 5.26 Å². The Morgan fingerprint density at radius 3 is 2.77 bits per heavy atom. The molecule has 1 aliphatic rings. The molecule has 3 rings (SSSR count). The first-order valence-electron chi connectivity index (χ1n) is 7.15. The molecule has 1 fully saturated rings. The van der Waals surface area contributed by atoms with E-state index >= 15 is 0 Å². The van der Waals surface area contributed by atoms with Crippen LogP contribution >= 0.6 is 0 Å². The summed E-state index contributed by atoms with van der Waals surface area (Å²) < 4.78 is 6.87. The fourth-order valence-electron chi connectivity index (χ4n) is 2.85. The number of rotatable bonds is 2. The van der Waals surface area contributed by atoms with E-state index in [2.05, 4.69) is 32.6 Å². The van der Waals surface area contributed by atoms with Gasteiger partial charge in [0.05, 0.1) is 11.2 Å². The van der Waals surface area contributed by atoms with Crippen molar-refractivity contribution in [1.82, 2.24) is 9.55 Å². The van der Waals surface area contributed by atoms with Crippen LogP contribution < -0.4 is 10.5 Å². The molecule has 2 radical (unpaired) electrons. The van der Waals surface area contributed by atoms with Gasteiger partial charge in [-0.2, -0.15) is 5.26 Å². The second-order valence-corrected chi connectivity index (χ2v) is 5.70. The van der Waals surface area contributed by atoms with E-state index in [1.807, 2.05) is 0 Å². The number of nitrogens with zero attached hydrogens (tertiary/aromatic N) is 4. The lowest BCUT2D eigenvalue weighted by Gasteiger charge is -2.34. The molecular formula is C15H15AlN4O2.